The number of aryl methyl sites for hydroxylation is 1. The van der Waals surface area contributed by atoms with Crippen LogP contribution in [0.2, 0.25) is 5.02 Å². The van der Waals surface area contributed by atoms with Gasteiger partial charge in [0, 0.05) is 10.6 Å². The van der Waals surface area contributed by atoms with Gasteiger partial charge in [-0.15, -0.1) is 0 Å². The van der Waals surface area contributed by atoms with Crippen molar-refractivity contribution in [2.24, 2.45) is 4.99 Å². The maximum Gasteiger partial charge on any atom is 0.282 e. The molecule has 0 bridgehead atoms. The topological polar surface area (TPSA) is 78.4 Å². The normalized spacial score (nSPS) is 14.9. The van der Waals surface area contributed by atoms with Gasteiger partial charge in [-0.25, -0.2) is 9.98 Å². The highest BCUT2D eigenvalue weighted by molar-refractivity contribution is 6.33. The molecular formula is C25H17ClN4O2. The molecule has 1 amide bonds. The van der Waals surface area contributed by atoms with Crippen LogP contribution in [0.25, 0.3) is 17.0 Å². The molecule has 1 aromatic heterocycles. The summed E-state index contributed by atoms with van der Waals surface area (Å²) in [6, 6.07) is 21.8. The first-order chi connectivity index (χ1) is 15.5. The van der Waals surface area contributed by atoms with E-state index >= 15 is 0 Å². The van der Waals surface area contributed by atoms with E-state index in [-0.39, 0.29) is 11.5 Å². The average molecular weight is 441 g/mol. The zero-order valence-electron chi connectivity index (χ0n) is 17.0. The summed E-state index contributed by atoms with van der Waals surface area (Å²) < 4.78 is 0. The fourth-order valence-corrected chi connectivity index (χ4v) is 3.76. The second-order valence-electron chi connectivity index (χ2n) is 7.38. The Morgan fingerprint density at radius 1 is 0.969 bits per heavy atom. The van der Waals surface area contributed by atoms with E-state index in [0.717, 1.165) is 11.1 Å². The van der Waals surface area contributed by atoms with Gasteiger partial charge in [0.05, 0.1) is 16.6 Å². The molecule has 0 spiro atoms. The lowest BCUT2D eigenvalue weighted by Crippen LogP contribution is -2.32. The van der Waals surface area contributed by atoms with Crippen molar-refractivity contribution in [1.82, 2.24) is 9.97 Å². The predicted octanol–water partition coefficient (Wildman–Crippen LogP) is 4.72. The number of hydrogen-bond acceptors (Lipinski definition) is 4. The van der Waals surface area contributed by atoms with E-state index in [1.54, 1.807) is 43.3 Å². The molecule has 156 valence electrons. The Morgan fingerprint density at radius 2 is 1.72 bits per heavy atom. The molecule has 1 aliphatic heterocycles. The summed E-state index contributed by atoms with van der Waals surface area (Å²) in [5.41, 5.74) is 2.75. The molecule has 0 saturated heterocycles. The number of fused-ring (bicyclic) bond motifs is 1. The second-order valence-corrected chi connectivity index (χ2v) is 7.81. The smallest absolute Gasteiger partial charge is 0.282 e. The van der Waals surface area contributed by atoms with Crippen LogP contribution >= 0.6 is 11.6 Å². The summed E-state index contributed by atoms with van der Waals surface area (Å²) in [7, 11) is 0. The highest BCUT2D eigenvalue weighted by Crippen LogP contribution is 2.29. The minimum atomic E-state index is -0.283. The molecule has 4 aromatic rings. The molecule has 0 aliphatic carbocycles. The molecule has 1 aliphatic rings. The third kappa shape index (κ3) is 3.61. The van der Waals surface area contributed by atoms with E-state index in [4.69, 9.17) is 11.6 Å². The zero-order chi connectivity index (χ0) is 22.2. The van der Waals surface area contributed by atoms with Crippen molar-refractivity contribution in [2.45, 2.75) is 6.92 Å². The number of nitrogens with zero attached hydrogens (tertiary/aromatic N) is 3. The number of carbonyl (C=O) groups excluding carboxylic acids is 1. The molecule has 7 heteroatoms. The Kier molecular flexibility index (Phi) is 4.92. The van der Waals surface area contributed by atoms with E-state index in [9.17, 15) is 9.59 Å². The van der Waals surface area contributed by atoms with Crippen LogP contribution in [0.5, 0.6) is 0 Å². The standard InChI is InChI=1S/C25H17ClN4O2/c1-15-27-21-12-11-19(14-20(21)24(31)28-15)30-23(17-5-3-2-4-6-17)29-22(25(30)32)13-16-7-9-18(26)10-8-16/h2-14H,1H3,(H,27,28,31)/b22-13+. The number of hydrogen-bond donors (Lipinski definition) is 1. The molecule has 2 heterocycles. The number of amides is 1. The Balaban J connectivity index is 1.65. The van der Waals surface area contributed by atoms with E-state index in [2.05, 4.69) is 15.0 Å². The fourth-order valence-electron chi connectivity index (χ4n) is 3.64. The molecule has 5 rings (SSSR count). The largest absolute Gasteiger partial charge is 0.310 e. The molecule has 0 unspecified atom stereocenters. The molecule has 0 atom stereocenters. The second kappa shape index (κ2) is 7.90. The van der Waals surface area contributed by atoms with E-state index < -0.39 is 0 Å². The number of aromatic amines is 1. The number of carbonyl (C=O) groups is 1. The maximum atomic E-state index is 13.5. The van der Waals surface area contributed by atoms with Crippen LogP contribution in [0.3, 0.4) is 0 Å². The molecule has 32 heavy (non-hydrogen) atoms. The van der Waals surface area contributed by atoms with Crippen LogP contribution in [0.15, 0.2) is 88.3 Å². The minimum Gasteiger partial charge on any atom is -0.310 e. The highest BCUT2D eigenvalue weighted by atomic mass is 35.5. The van der Waals surface area contributed by atoms with Crippen LogP contribution in [0, 0.1) is 6.92 Å². The maximum absolute atomic E-state index is 13.5. The van der Waals surface area contributed by atoms with Gasteiger partial charge in [0.25, 0.3) is 11.5 Å². The number of benzene rings is 3. The minimum absolute atomic E-state index is 0.254. The van der Waals surface area contributed by atoms with Gasteiger partial charge >= 0.3 is 0 Å². The third-order valence-corrected chi connectivity index (χ3v) is 5.38. The summed E-state index contributed by atoms with van der Waals surface area (Å²) in [5.74, 6) is 0.744. The molecule has 6 nitrogen and oxygen atoms in total. The first kappa shape index (κ1) is 19.9. The first-order valence-corrected chi connectivity index (χ1v) is 10.3. The number of H-pyrrole nitrogens is 1. The van der Waals surface area contributed by atoms with Crippen LogP contribution in [0.1, 0.15) is 17.0 Å². The van der Waals surface area contributed by atoms with E-state index in [0.29, 0.717) is 39.0 Å². The van der Waals surface area contributed by atoms with Crippen molar-refractivity contribution in [3.05, 3.63) is 111 Å². The summed E-state index contributed by atoms with van der Waals surface area (Å²) in [5, 5.41) is 1.02. The Bertz CT molecular complexity index is 1470. The van der Waals surface area contributed by atoms with Crippen molar-refractivity contribution in [3.63, 3.8) is 0 Å². The van der Waals surface area contributed by atoms with Crippen molar-refractivity contribution in [2.75, 3.05) is 4.90 Å². The molecule has 0 radical (unpaired) electrons. The molecule has 3 aromatic carbocycles. The number of aromatic nitrogens is 2. The quantitative estimate of drug-likeness (QED) is 0.468. The van der Waals surface area contributed by atoms with Crippen molar-refractivity contribution >= 4 is 46.0 Å². The number of aliphatic imine (C=N–C) groups is 1. The van der Waals surface area contributed by atoms with Crippen LogP contribution in [-0.4, -0.2) is 21.7 Å². The van der Waals surface area contributed by atoms with Gasteiger partial charge in [0.2, 0.25) is 0 Å². The summed E-state index contributed by atoms with van der Waals surface area (Å²) >= 11 is 5.98. The molecular weight excluding hydrogens is 424 g/mol. The van der Waals surface area contributed by atoms with Crippen LogP contribution < -0.4 is 10.5 Å². The Hall–Kier alpha value is -4.03. The average Bonchev–Trinajstić information content (AvgIpc) is 3.11. The number of rotatable bonds is 3. The predicted molar refractivity (Wildman–Crippen MR) is 127 cm³/mol. The van der Waals surface area contributed by atoms with Gasteiger partial charge in [0.1, 0.15) is 17.4 Å². The summed E-state index contributed by atoms with van der Waals surface area (Å²) in [6.07, 6.45) is 1.72. The van der Waals surface area contributed by atoms with Crippen LogP contribution in [-0.2, 0) is 4.79 Å². The van der Waals surface area contributed by atoms with E-state index in [1.807, 2.05) is 42.5 Å². The number of nitrogens with one attached hydrogen (secondary N) is 1. The monoisotopic (exact) mass is 440 g/mol. The third-order valence-electron chi connectivity index (χ3n) is 5.13. The lowest BCUT2D eigenvalue weighted by atomic mass is 10.1. The first-order valence-electron chi connectivity index (χ1n) is 9.96. The van der Waals surface area contributed by atoms with Crippen molar-refractivity contribution in [3.8, 4) is 0 Å². The lowest BCUT2D eigenvalue weighted by Gasteiger charge is -2.19. The van der Waals surface area contributed by atoms with Gasteiger partial charge in [0.15, 0.2) is 0 Å². The summed E-state index contributed by atoms with van der Waals surface area (Å²) in [4.78, 5) is 39.2. The zero-order valence-corrected chi connectivity index (χ0v) is 17.8. The fraction of sp³-hybridized carbons (Fsp3) is 0.0400. The molecule has 0 fully saturated rings. The van der Waals surface area contributed by atoms with Crippen molar-refractivity contribution < 1.29 is 4.79 Å². The molecule has 1 N–H and O–H groups in total. The number of amidine groups is 1. The highest BCUT2D eigenvalue weighted by Gasteiger charge is 2.32. The van der Waals surface area contributed by atoms with Gasteiger partial charge < -0.3 is 4.98 Å². The van der Waals surface area contributed by atoms with E-state index in [1.165, 1.54) is 4.90 Å². The SMILES string of the molecule is Cc1nc2ccc(N3C(=O)/C(=C\c4ccc(Cl)cc4)N=C3c3ccccc3)cc2c(=O)[nH]1. The lowest BCUT2D eigenvalue weighted by molar-refractivity contribution is -0.113. The van der Waals surface area contributed by atoms with Gasteiger partial charge in [-0.2, -0.15) is 0 Å². The Morgan fingerprint density at radius 3 is 2.47 bits per heavy atom. The van der Waals surface area contributed by atoms with Gasteiger partial charge in [-0.3, -0.25) is 14.5 Å². The number of anilines is 1. The molecule has 0 saturated carbocycles. The summed E-state index contributed by atoms with van der Waals surface area (Å²) in [6.45, 7) is 1.73. The van der Waals surface area contributed by atoms with Crippen molar-refractivity contribution in [1.29, 1.82) is 0 Å². The van der Waals surface area contributed by atoms with Gasteiger partial charge in [-0.1, -0.05) is 54.1 Å². The van der Waals surface area contributed by atoms with Gasteiger partial charge in [-0.05, 0) is 48.9 Å². The van der Waals surface area contributed by atoms with Crippen LogP contribution in [0.4, 0.5) is 5.69 Å². The number of halogens is 1. The Labute approximate surface area is 188 Å².